The van der Waals surface area contributed by atoms with Gasteiger partial charge in [-0.25, -0.2) is 0 Å². The molecular weight excluding hydrogens is 256 g/mol. The lowest BCUT2D eigenvalue weighted by Gasteiger charge is -2.14. The summed E-state index contributed by atoms with van der Waals surface area (Å²) in [6.45, 7) is 0. The molecule has 2 aromatic rings. The first-order chi connectivity index (χ1) is 7.72. The van der Waals surface area contributed by atoms with Crippen molar-refractivity contribution >= 4 is 37.0 Å². The van der Waals surface area contributed by atoms with Crippen molar-refractivity contribution in [2.45, 2.75) is 19.6 Å². The van der Waals surface area contributed by atoms with E-state index >= 15 is 0 Å². The topological polar surface area (TPSA) is 9.23 Å². The van der Waals surface area contributed by atoms with E-state index in [4.69, 9.17) is 4.74 Å². The molecule has 0 spiro atoms. The van der Waals surface area contributed by atoms with Gasteiger partial charge in [0, 0.05) is 19.6 Å². The van der Waals surface area contributed by atoms with Gasteiger partial charge in [0.2, 0.25) is 0 Å². The Hall–Kier alpha value is -0.710. The molecule has 4 bridgehead atoms. The summed E-state index contributed by atoms with van der Waals surface area (Å²) in [5.41, 5.74) is 0. The van der Waals surface area contributed by atoms with Gasteiger partial charge < -0.3 is 4.74 Å². The van der Waals surface area contributed by atoms with Crippen molar-refractivity contribution in [1.82, 2.24) is 0 Å². The van der Waals surface area contributed by atoms with Crippen molar-refractivity contribution in [2.75, 3.05) is 0 Å². The predicted octanol–water partition coefficient (Wildman–Crippen LogP) is 4.52. The van der Waals surface area contributed by atoms with Crippen LogP contribution in [0, 0.1) is 0 Å². The molecule has 4 aliphatic heterocycles. The normalized spacial score (nSPS) is 12.6. The fourth-order valence-corrected chi connectivity index (χ4v) is 3.14. The molecule has 1 nitrogen and oxygen atoms in total. The first-order valence-electron chi connectivity index (χ1n) is 4.74. The molecule has 4 aliphatic rings. The largest absolute Gasteiger partial charge is 0.455 e. The van der Waals surface area contributed by atoms with Gasteiger partial charge in [-0.15, -0.1) is 25.3 Å². The SMILES string of the molecule is Sc1cc2ccc1Oc1ccc(cc1S)S2. The summed E-state index contributed by atoms with van der Waals surface area (Å²) in [6.07, 6.45) is 0. The molecule has 0 amide bonds. The van der Waals surface area contributed by atoms with Gasteiger partial charge in [-0.3, -0.25) is 0 Å². The summed E-state index contributed by atoms with van der Waals surface area (Å²) in [6, 6.07) is 12.0. The minimum atomic E-state index is 0.762. The molecule has 0 aromatic heterocycles. The van der Waals surface area contributed by atoms with Gasteiger partial charge in [0.1, 0.15) is 11.5 Å². The average molecular weight is 264 g/mol. The maximum absolute atomic E-state index is 5.76. The molecule has 0 radical (unpaired) electrons. The molecular formula is C12H8OS3. The third kappa shape index (κ3) is 1.81. The van der Waals surface area contributed by atoms with Crippen molar-refractivity contribution in [3.8, 4) is 11.5 Å². The van der Waals surface area contributed by atoms with Crippen LogP contribution < -0.4 is 4.74 Å². The lowest BCUT2D eigenvalue weighted by molar-refractivity contribution is 0.459. The van der Waals surface area contributed by atoms with Crippen molar-refractivity contribution in [3.05, 3.63) is 36.4 Å². The Morgan fingerprint density at radius 3 is 1.75 bits per heavy atom. The van der Waals surface area contributed by atoms with Gasteiger partial charge in [0.15, 0.2) is 0 Å². The molecule has 80 valence electrons. The first-order valence-corrected chi connectivity index (χ1v) is 6.45. The second-order valence-electron chi connectivity index (χ2n) is 3.46. The van der Waals surface area contributed by atoms with E-state index in [0.717, 1.165) is 31.1 Å². The van der Waals surface area contributed by atoms with Crippen LogP contribution in [0.3, 0.4) is 0 Å². The molecule has 2 aromatic carbocycles. The molecule has 0 N–H and O–H groups in total. The Balaban J connectivity index is 2.24. The number of thiol groups is 2. The summed E-state index contributed by atoms with van der Waals surface area (Å²) in [5.74, 6) is 1.52. The number of benzene rings is 2. The van der Waals surface area contributed by atoms with Gasteiger partial charge in [0.05, 0.1) is 0 Å². The zero-order valence-electron chi connectivity index (χ0n) is 8.18. The van der Waals surface area contributed by atoms with Gasteiger partial charge in [-0.2, -0.15) is 0 Å². The van der Waals surface area contributed by atoms with E-state index in [0.29, 0.717) is 0 Å². The summed E-state index contributed by atoms with van der Waals surface area (Å²) in [5, 5.41) is 0. The van der Waals surface area contributed by atoms with E-state index in [2.05, 4.69) is 25.3 Å². The van der Waals surface area contributed by atoms with Crippen molar-refractivity contribution in [1.29, 1.82) is 0 Å². The highest BCUT2D eigenvalue weighted by Crippen LogP contribution is 2.40. The lowest BCUT2D eigenvalue weighted by atomic mass is 10.3. The Labute approximate surface area is 109 Å². The quantitative estimate of drug-likeness (QED) is 0.578. The van der Waals surface area contributed by atoms with E-state index in [1.165, 1.54) is 0 Å². The van der Waals surface area contributed by atoms with Crippen LogP contribution in [0.2, 0.25) is 0 Å². The van der Waals surface area contributed by atoms with Crippen molar-refractivity contribution in [3.63, 3.8) is 0 Å². The van der Waals surface area contributed by atoms with Crippen LogP contribution in [-0.2, 0) is 0 Å². The Kier molecular flexibility index (Phi) is 2.58. The minimum Gasteiger partial charge on any atom is -0.455 e. The third-order valence-corrected chi connectivity index (χ3v) is 3.99. The Morgan fingerprint density at radius 1 is 0.812 bits per heavy atom. The minimum absolute atomic E-state index is 0.762. The molecule has 0 atom stereocenters. The molecule has 0 unspecified atom stereocenters. The maximum atomic E-state index is 5.76. The third-order valence-electron chi connectivity index (χ3n) is 2.32. The van der Waals surface area contributed by atoms with Crippen molar-refractivity contribution in [2.24, 2.45) is 0 Å². The molecule has 16 heavy (non-hydrogen) atoms. The van der Waals surface area contributed by atoms with Crippen LogP contribution in [0.5, 0.6) is 11.5 Å². The second-order valence-corrected chi connectivity index (χ2v) is 5.57. The monoisotopic (exact) mass is 264 g/mol. The van der Waals surface area contributed by atoms with E-state index in [1.54, 1.807) is 11.8 Å². The van der Waals surface area contributed by atoms with Crippen LogP contribution in [0.1, 0.15) is 0 Å². The summed E-state index contributed by atoms with van der Waals surface area (Å²) in [4.78, 5) is 4.00. The average Bonchev–Trinajstić information content (AvgIpc) is 2.27. The van der Waals surface area contributed by atoms with Crippen LogP contribution >= 0.6 is 37.0 Å². The van der Waals surface area contributed by atoms with Gasteiger partial charge in [-0.05, 0) is 36.4 Å². The Bertz CT molecular complexity index is 517. The van der Waals surface area contributed by atoms with E-state index in [-0.39, 0.29) is 0 Å². The van der Waals surface area contributed by atoms with Gasteiger partial charge in [-0.1, -0.05) is 11.8 Å². The number of rotatable bonds is 0. The van der Waals surface area contributed by atoms with Crippen molar-refractivity contribution < 1.29 is 4.74 Å². The Morgan fingerprint density at radius 2 is 1.31 bits per heavy atom. The van der Waals surface area contributed by atoms with Gasteiger partial charge >= 0.3 is 0 Å². The fraction of sp³-hybridized carbons (Fsp3) is 0. The molecule has 4 heteroatoms. The second kappa shape index (κ2) is 3.95. The van der Waals surface area contributed by atoms with E-state index in [9.17, 15) is 0 Å². The summed E-state index contributed by atoms with van der Waals surface area (Å²) >= 11 is 10.5. The molecule has 0 saturated heterocycles. The number of hydrogen-bond acceptors (Lipinski definition) is 4. The van der Waals surface area contributed by atoms with Crippen LogP contribution in [0.15, 0.2) is 56.0 Å². The summed E-state index contributed by atoms with van der Waals surface area (Å²) in [7, 11) is 0. The van der Waals surface area contributed by atoms with E-state index < -0.39 is 0 Å². The van der Waals surface area contributed by atoms with E-state index in [1.807, 2.05) is 36.4 Å². The molecule has 0 saturated carbocycles. The zero-order valence-corrected chi connectivity index (χ0v) is 10.8. The zero-order chi connectivity index (χ0) is 11.1. The highest BCUT2D eigenvalue weighted by molar-refractivity contribution is 7.99. The molecule has 0 fully saturated rings. The predicted molar refractivity (Wildman–Crippen MR) is 71.6 cm³/mol. The molecule has 0 aliphatic carbocycles. The van der Waals surface area contributed by atoms with Gasteiger partial charge in [0.25, 0.3) is 0 Å². The standard InChI is InChI=1S/C12H8OS3/c14-11-5-7-1-3-9(11)13-10-4-2-8(16-7)6-12(10)15/h1-6,14-15H. The summed E-state index contributed by atoms with van der Waals surface area (Å²) < 4.78 is 5.76. The smallest absolute Gasteiger partial charge is 0.140 e. The first kappa shape index (κ1) is 10.4. The molecule has 6 rings (SSSR count). The van der Waals surface area contributed by atoms with Crippen LogP contribution in [0.4, 0.5) is 0 Å². The molecule has 4 heterocycles. The number of hydrogen-bond donors (Lipinski definition) is 2. The maximum Gasteiger partial charge on any atom is 0.140 e. The highest BCUT2D eigenvalue weighted by atomic mass is 32.2. The number of ether oxygens (including phenoxy) is 1. The van der Waals surface area contributed by atoms with Crippen LogP contribution in [0.25, 0.3) is 0 Å². The lowest BCUT2D eigenvalue weighted by Crippen LogP contribution is -1.90. The fourth-order valence-electron chi connectivity index (χ4n) is 1.55. The van der Waals surface area contributed by atoms with Crippen LogP contribution in [-0.4, -0.2) is 0 Å². The highest BCUT2D eigenvalue weighted by Gasteiger charge is 2.11.